The van der Waals surface area contributed by atoms with Crippen molar-refractivity contribution in [1.82, 2.24) is 0 Å². The van der Waals surface area contributed by atoms with Gasteiger partial charge in [-0.15, -0.1) is 19.7 Å². The Morgan fingerprint density at radius 3 is 1.03 bits per heavy atom. The fraction of sp³-hybridized carbons (Fsp3) is 0.438. The second-order valence-electron chi connectivity index (χ2n) is 24.9. The molecule has 0 N–H and O–H groups in total. The molecule has 566 valence electrons. The smallest absolute Gasteiger partial charge is 0 e. The van der Waals surface area contributed by atoms with Crippen LogP contribution in [-0.2, 0) is 31.0 Å². The third-order valence-corrected chi connectivity index (χ3v) is 12.9. The molecule has 0 aliphatic heterocycles. The summed E-state index contributed by atoms with van der Waals surface area (Å²) in [5.41, 5.74) is 7.01. The maximum atomic E-state index is 7.50. The van der Waals surface area contributed by atoms with Gasteiger partial charge in [-0.05, 0) is 131 Å². The molecule has 0 saturated heterocycles. The average molecular weight is 1450 g/mol. The van der Waals surface area contributed by atoms with Gasteiger partial charge in [-0.2, -0.15) is 0 Å². The van der Waals surface area contributed by atoms with Crippen molar-refractivity contribution in [2.45, 2.75) is 236 Å². The summed E-state index contributed by atoms with van der Waals surface area (Å²) in [5.74, 6) is 3.42. The maximum absolute atomic E-state index is 7.50. The van der Waals surface area contributed by atoms with Gasteiger partial charge in [0, 0.05) is 39.3 Å². The number of benzene rings is 3. The molecule has 0 saturated carbocycles. The molecule has 10 heteroatoms. The molecule has 0 bridgehead atoms. The van der Waals surface area contributed by atoms with Crippen LogP contribution in [0.4, 0.5) is 0 Å². The number of rotatable bonds is 9. The third kappa shape index (κ3) is 143. The van der Waals surface area contributed by atoms with E-state index in [1.807, 2.05) is 184 Å². The molecule has 0 radical (unpaired) electrons. The largest absolute Gasteiger partial charge is 0.358 e. The van der Waals surface area contributed by atoms with E-state index in [1.54, 1.807) is 38.9 Å². The fourth-order valence-electron chi connectivity index (χ4n) is 4.27. The van der Waals surface area contributed by atoms with Crippen molar-refractivity contribution in [2.75, 3.05) is 14.2 Å². The van der Waals surface area contributed by atoms with E-state index in [1.165, 1.54) is 53.6 Å². The monoisotopic (exact) mass is 1440 g/mol. The van der Waals surface area contributed by atoms with Crippen LogP contribution >= 0.6 is 0 Å². The molecule has 1 aliphatic rings. The zero-order valence-electron chi connectivity index (χ0n) is 69.6. The number of furan rings is 2. The summed E-state index contributed by atoms with van der Waals surface area (Å²) in [7, 11) is 1.70. The second kappa shape index (κ2) is 102. The van der Waals surface area contributed by atoms with Crippen LogP contribution in [0.5, 0.6) is 11.5 Å². The van der Waals surface area contributed by atoms with Gasteiger partial charge in [-0.1, -0.05) is 333 Å². The van der Waals surface area contributed by atoms with Crippen molar-refractivity contribution in [2.24, 2.45) is 10.8 Å². The Morgan fingerprint density at radius 1 is 0.525 bits per heavy atom. The molecule has 6 rings (SSSR count). The molecule has 0 atom stereocenters. The predicted octanol–water partition coefficient (Wildman–Crippen LogP) is 30.6. The number of hydrogen-bond acceptors (Lipinski definition) is 4. The third-order valence-electron chi connectivity index (χ3n) is 9.99. The molecule has 2 heterocycles. The molecular formula is C89H151FeO7Si2-. The van der Waals surface area contributed by atoms with Crippen molar-refractivity contribution in [1.29, 1.82) is 0 Å². The van der Waals surface area contributed by atoms with Gasteiger partial charge >= 0.3 is 33.9 Å². The summed E-state index contributed by atoms with van der Waals surface area (Å²) in [6.07, 6.45) is 30.2. The topological polar surface area (TPSA) is 104 Å². The van der Waals surface area contributed by atoms with Crippen LogP contribution in [0.25, 0.3) is 17.7 Å². The van der Waals surface area contributed by atoms with Crippen LogP contribution in [-0.4, -0.2) is 30.4 Å². The summed E-state index contributed by atoms with van der Waals surface area (Å²) < 4.78 is 42.2. The zero-order chi connectivity index (χ0) is 79.2. The van der Waals surface area contributed by atoms with Crippen LogP contribution in [0.1, 0.15) is 201 Å². The Bertz CT molecular complexity index is 2460. The van der Waals surface area contributed by atoms with E-state index < -0.39 is 16.1 Å². The van der Waals surface area contributed by atoms with Gasteiger partial charge < -0.3 is 25.7 Å². The zero-order valence-corrected chi connectivity index (χ0v) is 72.7. The number of hydrogen-bond donors (Lipinski definition) is 0. The van der Waals surface area contributed by atoms with E-state index >= 15 is 0 Å². The maximum Gasteiger partial charge on any atom is 0 e. The molecule has 0 spiro atoms. The van der Waals surface area contributed by atoms with E-state index in [4.69, 9.17) is 32.3 Å². The normalized spacial score (nSPS) is 8.86. The number of aryl methyl sites for hydroxylation is 1. The van der Waals surface area contributed by atoms with Gasteiger partial charge in [0.1, 0.15) is 23.0 Å². The molecule has 99 heavy (non-hydrogen) atoms. The first kappa shape index (κ1) is 129. The quantitative estimate of drug-likeness (QED) is 0.0634. The van der Waals surface area contributed by atoms with Crippen molar-refractivity contribution < 1.29 is 49.3 Å². The molecule has 0 unspecified atom stereocenters. The Morgan fingerprint density at radius 2 is 0.859 bits per heavy atom. The van der Waals surface area contributed by atoms with E-state index in [0.717, 1.165) is 35.0 Å². The standard InChI is InChI=1S/C9H10.C8H10O2.C8H18Si.C8H8.C8H18.C7H8.C6H6O.C6H14Si.C5H6O.C4H8.3C3H8.C3H6.2C2H6.3CO.CH3.Fe/c1-8(2)9-6-4-3-5-7-9;1-9-7-4-3-5-8(6-7)10-2;1-8(2)6-7-9(3,4)5;1-2-8-6-4-3-5-7-8;1-7(2,3)8(4,5)6;1-2-4-6-7-5-3-1;1-2-6-4-3-5-7-6;1-5-6-7(2,3)4;1-5-3-2-4-6-5;1-4(2)3;4*1-3-2;5*1-2;;/h3-7H,1H2,2H3;3-6H,1-2H3;6H,7H2,1-5H3;2-7H,1H2;1-6H3;1-6H,7H2;2-5H,1H2;5H,1,6H2,2-4H3;2-4H,1H3;1H2,2-3H3;3*3H2,1-2H3;3H,1H2,2H3;2*1-2H3;;;;1H3;/q;;;;;;;;;;;;;;;;;;;-1;. The number of allylic oxidation sites excluding steroid dienone is 12. The molecule has 5 aromatic rings. The van der Waals surface area contributed by atoms with Crippen LogP contribution < -0.4 is 9.47 Å². The molecule has 7 nitrogen and oxygen atoms in total. The Balaban J connectivity index is -0.0000000591. The van der Waals surface area contributed by atoms with Crippen LogP contribution in [0.2, 0.25) is 51.4 Å². The summed E-state index contributed by atoms with van der Waals surface area (Å²) in [6, 6.07) is 37.7. The van der Waals surface area contributed by atoms with E-state index in [2.05, 4.69) is 238 Å². The van der Waals surface area contributed by atoms with Gasteiger partial charge in [0.15, 0.2) is 0 Å². The van der Waals surface area contributed by atoms with Gasteiger partial charge in [0.05, 0.1) is 26.7 Å². The Labute approximate surface area is 629 Å². The van der Waals surface area contributed by atoms with Crippen LogP contribution in [0, 0.1) is 45.1 Å². The van der Waals surface area contributed by atoms with Crippen LogP contribution in [0.3, 0.4) is 0 Å². The summed E-state index contributed by atoms with van der Waals surface area (Å²) in [5, 5.41) is 0. The van der Waals surface area contributed by atoms with Crippen LogP contribution in [0.15, 0.2) is 236 Å². The molecular weight excluding hydrogens is 1290 g/mol. The number of methoxy groups -OCH3 is 2. The van der Waals surface area contributed by atoms with E-state index in [-0.39, 0.29) is 24.5 Å². The van der Waals surface area contributed by atoms with E-state index in [0.29, 0.717) is 10.8 Å². The minimum Gasteiger partial charge on any atom is -0.358 e. The molecule has 0 amide bonds. The predicted molar refractivity (Wildman–Crippen MR) is 452 cm³/mol. The minimum absolute atomic E-state index is 0. The first-order valence-corrected chi connectivity index (χ1v) is 41.2. The first-order valence-electron chi connectivity index (χ1n) is 33.8. The molecule has 3 aromatic carbocycles. The van der Waals surface area contributed by atoms with Gasteiger partial charge in [-0.25, -0.2) is 0 Å². The van der Waals surface area contributed by atoms with Crippen molar-refractivity contribution in [3.05, 3.63) is 277 Å². The Kier molecular flexibility index (Phi) is 133. The van der Waals surface area contributed by atoms with Gasteiger partial charge in [0.2, 0.25) is 0 Å². The Hall–Kier alpha value is -6.61. The average Bonchev–Trinajstić information content (AvgIpc) is 2.15. The van der Waals surface area contributed by atoms with Gasteiger partial charge in [-0.3, -0.25) is 0 Å². The molecule has 1 aliphatic carbocycles. The first-order chi connectivity index (χ1) is 45.5. The molecule has 2 aromatic heterocycles. The van der Waals surface area contributed by atoms with Gasteiger partial charge in [0.25, 0.3) is 0 Å². The van der Waals surface area contributed by atoms with Crippen molar-refractivity contribution in [3.63, 3.8) is 0 Å². The molecule has 0 fully saturated rings. The summed E-state index contributed by atoms with van der Waals surface area (Å²) >= 11 is 0. The fourth-order valence-corrected chi connectivity index (χ4v) is 6.16. The SMILES string of the molecule is C1=CC=CCC=C1.C=C(C)C.C=C(C)c1ccccc1.C=CC.C=CC[Si](C)(C)C.C=Cc1ccccc1.C=Cc1ccco1.CC.CC.CC(C)(C)C(C)(C)C.CC(C)=CC[Si](C)(C)C.CCC.CCC.CCC.COc1cccc(OC)c1.Cc1ccco1.[C-]#[O+].[C-]#[O+].[C-]#[O+].[CH3-].[Fe]. The summed E-state index contributed by atoms with van der Waals surface area (Å²) in [4.78, 5) is 0. The summed E-state index contributed by atoms with van der Waals surface area (Å²) in [6.45, 7) is 97.7. The number of ether oxygens (including phenoxy) is 2. The van der Waals surface area contributed by atoms with Crippen molar-refractivity contribution >= 4 is 33.9 Å². The second-order valence-corrected chi connectivity index (χ2v) is 36.0. The van der Waals surface area contributed by atoms with E-state index in [9.17, 15) is 0 Å². The minimum atomic E-state index is -0.796. The van der Waals surface area contributed by atoms with Crippen molar-refractivity contribution in [3.8, 4) is 11.5 Å².